The molecule has 5 rings (SSSR count). The Labute approximate surface area is 166 Å². The van der Waals surface area contributed by atoms with Gasteiger partial charge in [0, 0.05) is 29.2 Å². The zero-order valence-electron chi connectivity index (χ0n) is 16.8. The van der Waals surface area contributed by atoms with Gasteiger partial charge in [-0.1, -0.05) is 50.2 Å². The number of aryl methyl sites for hydroxylation is 1. The SMILES string of the molecule is CCC1(CC)CC2N(c3ccccc3C)c3nccnc3N2c2ccccc21. The number of rotatable bonds is 3. The van der Waals surface area contributed by atoms with E-state index in [0.717, 1.165) is 30.9 Å². The van der Waals surface area contributed by atoms with Crippen molar-refractivity contribution in [3.05, 3.63) is 72.1 Å². The van der Waals surface area contributed by atoms with E-state index in [1.165, 1.54) is 22.5 Å². The number of nitrogens with zero attached hydrogens (tertiary/aromatic N) is 4. The lowest BCUT2D eigenvalue weighted by molar-refractivity contribution is 0.322. The molecule has 0 fully saturated rings. The second-order valence-corrected chi connectivity index (χ2v) is 7.92. The summed E-state index contributed by atoms with van der Waals surface area (Å²) in [6, 6.07) is 17.5. The number of hydrogen-bond donors (Lipinski definition) is 0. The molecule has 0 N–H and O–H groups in total. The molecule has 0 amide bonds. The first-order valence-electron chi connectivity index (χ1n) is 10.2. The molecule has 1 unspecified atom stereocenters. The normalized spacial score (nSPS) is 19.2. The minimum Gasteiger partial charge on any atom is -0.302 e. The molecule has 0 bridgehead atoms. The average molecular weight is 371 g/mol. The molecule has 4 nitrogen and oxygen atoms in total. The van der Waals surface area contributed by atoms with Gasteiger partial charge in [0.2, 0.25) is 0 Å². The fourth-order valence-electron chi connectivity index (χ4n) is 5.14. The molecular formula is C24H26N4. The van der Waals surface area contributed by atoms with Gasteiger partial charge >= 0.3 is 0 Å². The number of benzene rings is 2. The van der Waals surface area contributed by atoms with Crippen molar-refractivity contribution >= 4 is 23.0 Å². The highest BCUT2D eigenvalue weighted by atomic mass is 15.5. The van der Waals surface area contributed by atoms with Crippen LogP contribution in [0.4, 0.5) is 23.0 Å². The molecule has 1 atom stereocenters. The van der Waals surface area contributed by atoms with E-state index in [1.807, 2.05) is 0 Å². The quantitative estimate of drug-likeness (QED) is 0.578. The Kier molecular flexibility index (Phi) is 3.90. The Morgan fingerprint density at radius 3 is 2.07 bits per heavy atom. The monoisotopic (exact) mass is 370 g/mol. The number of fused-ring (bicyclic) bond motifs is 5. The largest absolute Gasteiger partial charge is 0.302 e. The van der Waals surface area contributed by atoms with Crippen LogP contribution in [-0.4, -0.2) is 16.1 Å². The van der Waals surface area contributed by atoms with Crippen molar-refractivity contribution in [1.82, 2.24) is 9.97 Å². The first-order chi connectivity index (χ1) is 13.7. The van der Waals surface area contributed by atoms with E-state index in [9.17, 15) is 0 Å². The first kappa shape index (κ1) is 17.2. The molecule has 0 spiro atoms. The molecule has 2 aliphatic heterocycles. The van der Waals surface area contributed by atoms with Gasteiger partial charge in [0.25, 0.3) is 0 Å². The van der Waals surface area contributed by atoms with E-state index in [1.54, 1.807) is 12.4 Å². The molecule has 4 heteroatoms. The minimum absolute atomic E-state index is 0.167. The van der Waals surface area contributed by atoms with Crippen LogP contribution in [0.25, 0.3) is 0 Å². The van der Waals surface area contributed by atoms with Crippen LogP contribution >= 0.6 is 0 Å². The average Bonchev–Trinajstić information content (AvgIpc) is 3.07. The molecule has 0 radical (unpaired) electrons. The van der Waals surface area contributed by atoms with Gasteiger partial charge in [0.15, 0.2) is 11.6 Å². The zero-order valence-corrected chi connectivity index (χ0v) is 16.8. The van der Waals surface area contributed by atoms with Crippen molar-refractivity contribution in [2.45, 2.75) is 51.6 Å². The van der Waals surface area contributed by atoms with E-state index in [0.29, 0.717) is 0 Å². The predicted octanol–water partition coefficient (Wildman–Crippen LogP) is 5.86. The lowest BCUT2D eigenvalue weighted by atomic mass is 9.69. The van der Waals surface area contributed by atoms with Gasteiger partial charge in [-0.25, -0.2) is 9.97 Å². The summed E-state index contributed by atoms with van der Waals surface area (Å²) in [5.74, 6) is 1.92. The van der Waals surface area contributed by atoms with E-state index in [2.05, 4.69) is 79.1 Å². The number of aromatic nitrogens is 2. The van der Waals surface area contributed by atoms with Crippen LogP contribution in [0.1, 0.15) is 44.2 Å². The minimum atomic E-state index is 0.167. The number of anilines is 4. The molecule has 3 aromatic rings. The highest BCUT2D eigenvalue weighted by Crippen LogP contribution is 2.56. The van der Waals surface area contributed by atoms with Crippen molar-refractivity contribution < 1.29 is 0 Å². The van der Waals surface area contributed by atoms with E-state index < -0.39 is 0 Å². The fraction of sp³-hybridized carbons (Fsp3) is 0.333. The van der Waals surface area contributed by atoms with Gasteiger partial charge in [-0.2, -0.15) is 0 Å². The Morgan fingerprint density at radius 2 is 1.43 bits per heavy atom. The summed E-state index contributed by atoms with van der Waals surface area (Å²) in [6.45, 7) is 6.83. The lowest BCUT2D eigenvalue weighted by Crippen LogP contribution is -2.49. The summed E-state index contributed by atoms with van der Waals surface area (Å²) in [6.07, 6.45) is 7.12. The number of hydrogen-bond acceptors (Lipinski definition) is 4. The fourth-order valence-corrected chi connectivity index (χ4v) is 5.14. The maximum atomic E-state index is 4.78. The van der Waals surface area contributed by atoms with Gasteiger partial charge in [0.05, 0.1) is 0 Å². The molecule has 2 aromatic carbocycles. The molecule has 142 valence electrons. The Morgan fingerprint density at radius 1 is 0.857 bits per heavy atom. The second-order valence-electron chi connectivity index (χ2n) is 7.92. The van der Waals surface area contributed by atoms with Crippen LogP contribution in [0.15, 0.2) is 60.9 Å². The van der Waals surface area contributed by atoms with Gasteiger partial charge in [-0.15, -0.1) is 0 Å². The van der Waals surface area contributed by atoms with Crippen molar-refractivity contribution in [2.75, 3.05) is 9.80 Å². The summed E-state index contributed by atoms with van der Waals surface area (Å²) < 4.78 is 0. The third-order valence-electron chi connectivity index (χ3n) is 6.75. The molecule has 3 heterocycles. The Bertz CT molecular complexity index is 1020. The predicted molar refractivity (Wildman–Crippen MR) is 115 cm³/mol. The van der Waals surface area contributed by atoms with Crippen LogP contribution in [0, 0.1) is 6.92 Å². The summed E-state index contributed by atoms with van der Waals surface area (Å²) in [5, 5.41) is 0. The Balaban J connectivity index is 1.77. The van der Waals surface area contributed by atoms with E-state index in [4.69, 9.17) is 9.97 Å². The summed E-state index contributed by atoms with van der Waals surface area (Å²) in [7, 11) is 0. The van der Waals surface area contributed by atoms with Crippen molar-refractivity contribution in [1.29, 1.82) is 0 Å². The summed E-state index contributed by atoms with van der Waals surface area (Å²) >= 11 is 0. The first-order valence-corrected chi connectivity index (χ1v) is 10.2. The lowest BCUT2D eigenvalue weighted by Gasteiger charge is -2.47. The topological polar surface area (TPSA) is 32.3 Å². The second kappa shape index (κ2) is 6.33. The summed E-state index contributed by atoms with van der Waals surface area (Å²) in [4.78, 5) is 14.4. The Hall–Kier alpha value is -2.88. The maximum absolute atomic E-state index is 4.78. The van der Waals surface area contributed by atoms with Crippen LogP contribution in [0.2, 0.25) is 0 Å². The molecule has 0 saturated carbocycles. The van der Waals surface area contributed by atoms with E-state index >= 15 is 0 Å². The van der Waals surface area contributed by atoms with E-state index in [-0.39, 0.29) is 11.6 Å². The summed E-state index contributed by atoms with van der Waals surface area (Å²) in [5.41, 5.74) is 5.37. The molecule has 2 aliphatic rings. The highest BCUT2D eigenvalue weighted by molar-refractivity contribution is 5.86. The van der Waals surface area contributed by atoms with Gasteiger partial charge in [-0.05, 0) is 49.4 Å². The van der Waals surface area contributed by atoms with Crippen LogP contribution in [0.5, 0.6) is 0 Å². The molecule has 0 saturated heterocycles. The van der Waals surface area contributed by atoms with Gasteiger partial charge in [0.1, 0.15) is 6.17 Å². The van der Waals surface area contributed by atoms with Crippen molar-refractivity contribution in [3.8, 4) is 0 Å². The van der Waals surface area contributed by atoms with Crippen LogP contribution in [0.3, 0.4) is 0 Å². The number of para-hydroxylation sites is 2. The highest BCUT2D eigenvalue weighted by Gasteiger charge is 2.50. The molecule has 28 heavy (non-hydrogen) atoms. The third-order valence-corrected chi connectivity index (χ3v) is 6.75. The van der Waals surface area contributed by atoms with Gasteiger partial charge in [-0.3, -0.25) is 0 Å². The third kappa shape index (κ3) is 2.24. The van der Waals surface area contributed by atoms with Gasteiger partial charge < -0.3 is 9.80 Å². The molecule has 0 aliphatic carbocycles. The zero-order chi connectivity index (χ0) is 19.3. The molecular weight excluding hydrogens is 344 g/mol. The van der Waals surface area contributed by atoms with Crippen molar-refractivity contribution in [2.24, 2.45) is 0 Å². The van der Waals surface area contributed by atoms with Crippen LogP contribution < -0.4 is 9.80 Å². The van der Waals surface area contributed by atoms with Crippen molar-refractivity contribution in [3.63, 3.8) is 0 Å². The standard InChI is InChI=1S/C24H26N4/c1-4-24(5-2)16-21-27(19-12-8-6-10-17(19)3)22-23(26-15-14-25-22)28(21)20-13-9-7-11-18(20)24/h6-15,21H,4-5,16H2,1-3H3. The maximum Gasteiger partial charge on any atom is 0.178 e. The smallest absolute Gasteiger partial charge is 0.178 e. The van der Waals surface area contributed by atoms with Crippen LogP contribution in [-0.2, 0) is 5.41 Å². The molecule has 1 aromatic heterocycles.